The van der Waals surface area contributed by atoms with Crippen LogP contribution in [0, 0.1) is 0 Å². The van der Waals surface area contributed by atoms with Crippen molar-refractivity contribution in [1.29, 1.82) is 0 Å². The molecule has 0 spiro atoms. The SMILES string of the molecule is COCCN(Cc1ccc2c(c1)OCO2)C(=O)c1ccc(C(=O)O)o1. The number of carbonyl (C=O) groups is 2. The van der Waals surface area contributed by atoms with Crippen molar-refractivity contribution in [3.05, 3.63) is 47.4 Å². The summed E-state index contributed by atoms with van der Waals surface area (Å²) < 4.78 is 20.8. The summed E-state index contributed by atoms with van der Waals surface area (Å²) in [6.45, 7) is 1.13. The molecule has 0 aliphatic carbocycles. The molecule has 1 aromatic carbocycles. The minimum atomic E-state index is -1.22. The first-order valence-corrected chi connectivity index (χ1v) is 7.58. The Morgan fingerprint density at radius 1 is 1.16 bits per heavy atom. The van der Waals surface area contributed by atoms with Gasteiger partial charge in [0.1, 0.15) is 0 Å². The van der Waals surface area contributed by atoms with Crippen molar-refractivity contribution in [2.75, 3.05) is 27.1 Å². The molecule has 0 bridgehead atoms. The van der Waals surface area contributed by atoms with E-state index in [9.17, 15) is 9.59 Å². The zero-order chi connectivity index (χ0) is 17.8. The molecule has 25 heavy (non-hydrogen) atoms. The molecule has 3 rings (SSSR count). The van der Waals surface area contributed by atoms with Crippen LogP contribution in [0.3, 0.4) is 0 Å². The topological polar surface area (TPSA) is 98.4 Å². The summed E-state index contributed by atoms with van der Waals surface area (Å²) in [6, 6.07) is 8.04. The smallest absolute Gasteiger partial charge is 0.371 e. The Morgan fingerprint density at radius 3 is 2.64 bits per heavy atom. The minimum absolute atomic E-state index is 0.0331. The molecular formula is C17H17NO7. The third kappa shape index (κ3) is 3.74. The number of hydrogen-bond acceptors (Lipinski definition) is 6. The highest BCUT2D eigenvalue weighted by Crippen LogP contribution is 2.32. The van der Waals surface area contributed by atoms with Crippen molar-refractivity contribution < 1.29 is 33.3 Å². The number of amides is 1. The predicted octanol–water partition coefficient (Wildman–Crippen LogP) is 2.00. The van der Waals surface area contributed by atoms with Crippen molar-refractivity contribution in [1.82, 2.24) is 4.90 Å². The lowest BCUT2D eigenvalue weighted by Gasteiger charge is -2.21. The predicted molar refractivity (Wildman–Crippen MR) is 84.8 cm³/mol. The first-order valence-electron chi connectivity index (χ1n) is 7.58. The number of hydrogen-bond donors (Lipinski definition) is 1. The average molecular weight is 347 g/mol. The normalized spacial score (nSPS) is 12.2. The van der Waals surface area contributed by atoms with Crippen LogP contribution in [0.1, 0.15) is 26.7 Å². The standard InChI is InChI=1S/C17H17NO7/c1-22-7-6-18(16(19)13-4-5-14(25-13)17(20)21)9-11-2-3-12-15(8-11)24-10-23-12/h2-5,8H,6-7,9-10H2,1H3,(H,20,21). The Morgan fingerprint density at radius 2 is 1.92 bits per heavy atom. The summed E-state index contributed by atoms with van der Waals surface area (Å²) in [5.41, 5.74) is 0.846. The lowest BCUT2D eigenvalue weighted by atomic mass is 10.2. The van der Waals surface area contributed by atoms with Gasteiger partial charge in [0.15, 0.2) is 17.3 Å². The fourth-order valence-electron chi connectivity index (χ4n) is 2.44. The second-order valence-corrected chi connectivity index (χ2v) is 5.38. The molecule has 0 radical (unpaired) electrons. The van der Waals surface area contributed by atoms with Crippen LogP contribution >= 0.6 is 0 Å². The first kappa shape index (κ1) is 16.8. The monoisotopic (exact) mass is 347 g/mol. The number of benzene rings is 1. The summed E-state index contributed by atoms with van der Waals surface area (Å²) in [5.74, 6) is -0.661. The molecule has 0 atom stereocenters. The number of carboxylic acids is 1. The summed E-state index contributed by atoms with van der Waals surface area (Å²) in [5, 5.41) is 8.92. The van der Waals surface area contributed by atoms with Gasteiger partial charge in [0.25, 0.3) is 5.91 Å². The van der Waals surface area contributed by atoms with E-state index in [1.165, 1.54) is 17.0 Å². The number of methoxy groups -OCH3 is 1. The van der Waals surface area contributed by atoms with Crippen LogP contribution in [0.4, 0.5) is 0 Å². The molecule has 2 heterocycles. The van der Waals surface area contributed by atoms with Crippen LogP contribution < -0.4 is 9.47 Å². The number of nitrogens with zero attached hydrogens (tertiary/aromatic N) is 1. The van der Waals surface area contributed by atoms with E-state index in [4.69, 9.17) is 23.7 Å². The van der Waals surface area contributed by atoms with Gasteiger partial charge in [-0.05, 0) is 29.8 Å². The third-order valence-electron chi connectivity index (χ3n) is 3.69. The number of rotatable bonds is 7. The van der Waals surface area contributed by atoms with Gasteiger partial charge in [-0.15, -0.1) is 0 Å². The molecular weight excluding hydrogens is 330 g/mol. The fourth-order valence-corrected chi connectivity index (χ4v) is 2.44. The van der Waals surface area contributed by atoms with Gasteiger partial charge in [-0.2, -0.15) is 0 Å². The Hall–Kier alpha value is -3.00. The van der Waals surface area contributed by atoms with E-state index >= 15 is 0 Å². The number of carboxylic acid groups (broad SMARTS) is 1. The zero-order valence-corrected chi connectivity index (χ0v) is 13.6. The Balaban J connectivity index is 1.78. The number of furan rings is 1. The third-order valence-corrected chi connectivity index (χ3v) is 3.69. The summed E-state index contributed by atoms with van der Waals surface area (Å²) in [6.07, 6.45) is 0. The minimum Gasteiger partial charge on any atom is -0.475 e. The maximum absolute atomic E-state index is 12.7. The van der Waals surface area contributed by atoms with Gasteiger partial charge < -0.3 is 28.6 Å². The lowest BCUT2D eigenvalue weighted by molar-refractivity contribution is 0.0623. The molecule has 1 aliphatic rings. The van der Waals surface area contributed by atoms with Crippen LogP contribution in [0.15, 0.2) is 34.7 Å². The number of aromatic carboxylic acids is 1. The highest BCUT2D eigenvalue weighted by molar-refractivity contribution is 5.93. The van der Waals surface area contributed by atoms with Crippen molar-refractivity contribution in [2.45, 2.75) is 6.54 Å². The maximum atomic E-state index is 12.7. The second kappa shape index (κ2) is 7.27. The van der Waals surface area contributed by atoms with Crippen molar-refractivity contribution in [2.24, 2.45) is 0 Å². The molecule has 0 unspecified atom stereocenters. The molecule has 8 heteroatoms. The quantitative estimate of drug-likeness (QED) is 0.818. The largest absolute Gasteiger partial charge is 0.475 e. The van der Waals surface area contributed by atoms with E-state index in [0.717, 1.165) is 5.56 Å². The zero-order valence-electron chi connectivity index (χ0n) is 13.6. The van der Waals surface area contributed by atoms with Gasteiger partial charge in [-0.3, -0.25) is 4.79 Å². The Labute approximate surface area is 143 Å². The molecule has 1 aromatic heterocycles. The van der Waals surface area contributed by atoms with Gasteiger partial charge in [0.2, 0.25) is 12.6 Å². The van der Waals surface area contributed by atoms with Gasteiger partial charge >= 0.3 is 5.97 Å². The van der Waals surface area contributed by atoms with Gasteiger partial charge in [0.05, 0.1) is 6.61 Å². The van der Waals surface area contributed by atoms with E-state index in [1.54, 1.807) is 19.2 Å². The first-order chi connectivity index (χ1) is 12.1. The molecule has 132 valence electrons. The van der Waals surface area contributed by atoms with Crippen LogP contribution in [-0.2, 0) is 11.3 Å². The van der Waals surface area contributed by atoms with Gasteiger partial charge in [-0.25, -0.2) is 4.79 Å². The lowest BCUT2D eigenvalue weighted by Crippen LogP contribution is -2.33. The Bertz CT molecular complexity index is 783. The number of fused-ring (bicyclic) bond motifs is 1. The van der Waals surface area contributed by atoms with Gasteiger partial charge in [0, 0.05) is 20.2 Å². The van der Waals surface area contributed by atoms with E-state index in [2.05, 4.69) is 0 Å². The molecule has 2 aromatic rings. The second-order valence-electron chi connectivity index (χ2n) is 5.38. The van der Waals surface area contributed by atoms with Crippen molar-refractivity contribution >= 4 is 11.9 Å². The number of carbonyl (C=O) groups excluding carboxylic acids is 1. The van der Waals surface area contributed by atoms with E-state index in [-0.39, 0.29) is 18.3 Å². The van der Waals surface area contributed by atoms with Crippen LogP contribution in [0.5, 0.6) is 11.5 Å². The number of ether oxygens (including phenoxy) is 3. The summed E-state index contributed by atoms with van der Waals surface area (Å²) in [4.78, 5) is 25.1. The molecule has 0 fully saturated rings. The van der Waals surface area contributed by atoms with E-state index in [1.807, 2.05) is 6.07 Å². The maximum Gasteiger partial charge on any atom is 0.371 e. The van der Waals surface area contributed by atoms with Crippen LogP contribution in [0.25, 0.3) is 0 Å². The summed E-state index contributed by atoms with van der Waals surface area (Å²) in [7, 11) is 1.54. The molecule has 0 saturated heterocycles. The molecule has 1 amide bonds. The molecule has 0 saturated carbocycles. The van der Waals surface area contributed by atoms with Crippen molar-refractivity contribution in [3.8, 4) is 11.5 Å². The van der Waals surface area contributed by atoms with Gasteiger partial charge in [-0.1, -0.05) is 6.07 Å². The molecule has 8 nitrogen and oxygen atoms in total. The van der Waals surface area contributed by atoms with E-state index < -0.39 is 11.9 Å². The summed E-state index contributed by atoms with van der Waals surface area (Å²) >= 11 is 0. The average Bonchev–Trinajstić information content (AvgIpc) is 3.26. The Kier molecular flexibility index (Phi) is 4.90. The van der Waals surface area contributed by atoms with Crippen LogP contribution in [0.2, 0.25) is 0 Å². The molecule has 1 N–H and O–H groups in total. The highest BCUT2D eigenvalue weighted by atomic mass is 16.7. The fraction of sp³-hybridized carbons (Fsp3) is 0.294. The van der Waals surface area contributed by atoms with E-state index in [0.29, 0.717) is 31.2 Å². The molecule has 1 aliphatic heterocycles. The van der Waals surface area contributed by atoms with Crippen LogP contribution in [-0.4, -0.2) is 48.9 Å². The van der Waals surface area contributed by atoms with Crippen molar-refractivity contribution in [3.63, 3.8) is 0 Å². The highest BCUT2D eigenvalue weighted by Gasteiger charge is 2.22.